The number of benzene rings is 1. The number of rotatable bonds is 3. The van der Waals surface area contributed by atoms with Crippen LogP contribution in [0.3, 0.4) is 0 Å². The topological polar surface area (TPSA) is 66.5 Å². The van der Waals surface area contributed by atoms with Crippen LogP contribution >= 0.6 is 0 Å². The highest BCUT2D eigenvalue weighted by Gasteiger charge is 2.12. The fraction of sp³-hybridized carbons (Fsp3) is 0.357. The second-order valence-electron chi connectivity index (χ2n) is 5.40. The minimum absolute atomic E-state index is 0.0314. The highest BCUT2D eigenvalue weighted by molar-refractivity contribution is 5.41. The molecule has 0 unspecified atom stereocenters. The molecule has 98 valence electrons. The van der Waals surface area contributed by atoms with Crippen molar-refractivity contribution < 1.29 is 0 Å². The van der Waals surface area contributed by atoms with Crippen molar-refractivity contribution in [2.24, 2.45) is 0 Å². The molecule has 0 atom stereocenters. The molecule has 0 aliphatic carbocycles. The van der Waals surface area contributed by atoms with Gasteiger partial charge < -0.3 is 5.32 Å². The molecule has 19 heavy (non-hydrogen) atoms. The lowest BCUT2D eigenvalue weighted by Gasteiger charge is -2.20. The van der Waals surface area contributed by atoms with Gasteiger partial charge in [-0.2, -0.15) is 5.26 Å². The van der Waals surface area contributed by atoms with Gasteiger partial charge in [0.1, 0.15) is 0 Å². The lowest BCUT2D eigenvalue weighted by atomic mass is 10.1. The fourth-order valence-corrected chi connectivity index (χ4v) is 1.66. The summed E-state index contributed by atoms with van der Waals surface area (Å²) in [6.45, 7) is 7.00. The maximum Gasteiger partial charge on any atom is 0.0992 e. The van der Waals surface area contributed by atoms with Crippen LogP contribution in [0.15, 0.2) is 30.5 Å². The summed E-state index contributed by atoms with van der Waals surface area (Å²) in [4.78, 5) is 0. The smallest absolute Gasteiger partial charge is 0.0992 e. The van der Waals surface area contributed by atoms with E-state index in [0.29, 0.717) is 12.1 Å². The Labute approximate surface area is 112 Å². The first-order valence-corrected chi connectivity index (χ1v) is 6.15. The van der Waals surface area contributed by atoms with Crippen molar-refractivity contribution in [3.8, 4) is 11.8 Å². The van der Waals surface area contributed by atoms with Crippen molar-refractivity contribution in [3.63, 3.8) is 0 Å². The molecule has 1 heterocycles. The van der Waals surface area contributed by atoms with Gasteiger partial charge in [-0.25, -0.2) is 4.68 Å². The molecule has 0 bridgehead atoms. The Morgan fingerprint density at radius 2 is 2.16 bits per heavy atom. The number of hydrogen-bond acceptors (Lipinski definition) is 4. The standard InChI is InChI=1S/C14H17N5/c1-14(2,3)16-9-13-10-17-18-19(13)12-6-4-5-11(7-12)8-15/h4-7,10,16H,9H2,1-3H3. The lowest BCUT2D eigenvalue weighted by molar-refractivity contribution is 0.418. The fourth-order valence-electron chi connectivity index (χ4n) is 1.66. The number of aromatic nitrogens is 3. The predicted molar refractivity (Wildman–Crippen MR) is 72.7 cm³/mol. The van der Waals surface area contributed by atoms with Gasteiger partial charge in [0.25, 0.3) is 0 Å². The van der Waals surface area contributed by atoms with Crippen LogP contribution in [0.25, 0.3) is 5.69 Å². The van der Waals surface area contributed by atoms with Gasteiger partial charge in [-0.3, -0.25) is 0 Å². The molecule has 0 amide bonds. The molecule has 1 aromatic carbocycles. The summed E-state index contributed by atoms with van der Waals surface area (Å²) in [6, 6.07) is 9.46. The van der Waals surface area contributed by atoms with Crippen molar-refractivity contribution in [1.29, 1.82) is 5.26 Å². The van der Waals surface area contributed by atoms with E-state index in [2.05, 4.69) is 42.5 Å². The number of hydrogen-bond donors (Lipinski definition) is 1. The molecule has 0 aliphatic rings. The Bertz CT molecular complexity index is 601. The summed E-state index contributed by atoms with van der Waals surface area (Å²) < 4.78 is 1.75. The van der Waals surface area contributed by atoms with Gasteiger partial charge in [0, 0.05) is 12.1 Å². The van der Waals surface area contributed by atoms with Crippen LogP contribution in [0.1, 0.15) is 32.0 Å². The third-order valence-electron chi connectivity index (χ3n) is 2.64. The van der Waals surface area contributed by atoms with Crippen LogP contribution in [-0.4, -0.2) is 20.5 Å². The van der Waals surface area contributed by atoms with Gasteiger partial charge >= 0.3 is 0 Å². The van der Waals surface area contributed by atoms with Crippen LogP contribution in [0.2, 0.25) is 0 Å². The summed E-state index contributed by atoms with van der Waals surface area (Å²) in [6.07, 6.45) is 1.73. The molecule has 1 N–H and O–H groups in total. The quantitative estimate of drug-likeness (QED) is 0.911. The Hall–Kier alpha value is -2.19. The van der Waals surface area contributed by atoms with E-state index < -0.39 is 0 Å². The normalized spacial score (nSPS) is 11.3. The van der Waals surface area contributed by atoms with Gasteiger partial charge in [-0.15, -0.1) is 5.10 Å². The highest BCUT2D eigenvalue weighted by atomic mass is 15.4. The molecule has 0 radical (unpaired) electrons. The van der Waals surface area contributed by atoms with E-state index in [1.54, 1.807) is 23.0 Å². The van der Waals surface area contributed by atoms with Crippen molar-refractivity contribution in [1.82, 2.24) is 20.3 Å². The van der Waals surface area contributed by atoms with Crippen LogP contribution in [0, 0.1) is 11.3 Å². The average molecular weight is 255 g/mol. The van der Waals surface area contributed by atoms with E-state index in [4.69, 9.17) is 5.26 Å². The van der Waals surface area contributed by atoms with E-state index in [9.17, 15) is 0 Å². The minimum atomic E-state index is 0.0314. The molecule has 0 fully saturated rings. The van der Waals surface area contributed by atoms with Crippen molar-refractivity contribution >= 4 is 0 Å². The summed E-state index contributed by atoms with van der Waals surface area (Å²) in [7, 11) is 0. The van der Waals surface area contributed by atoms with Gasteiger partial charge in [0.05, 0.1) is 29.2 Å². The van der Waals surface area contributed by atoms with Gasteiger partial charge in [-0.05, 0) is 39.0 Å². The van der Waals surface area contributed by atoms with Crippen molar-refractivity contribution in [2.45, 2.75) is 32.9 Å². The van der Waals surface area contributed by atoms with E-state index in [-0.39, 0.29) is 5.54 Å². The van der Waals surface area contributed by atoms with Gasteiger partial charge in [-0.1, -0.05) is 11.3 Å². The Kier molecular flexibility index (Phi) is 3.63. The Balaban J connectivity index is 2.26. The molecular formula is C14H17N5. The molecule has 0 aliphatic heterocycles. The van der Waals surface area contributed by atoms with Gasteiger partial charge in [0.15, 0.2) is 0 Å². The van der Waals surface area contributed by atoms with Crippen molar-refractivity contribution in [2.75, 3.05) is 0 Å². The molecule has 5 nitrogen and oxygen atoms in total. The maximum absolute atomic E-state index is 8.93. The number of nitriles is 1. The van der Waals surface area contributed by atoms with Crippen LogP contribution < -0.4 is 5.32 Å². The largest absolute Gasteiger partial charge is 0.306 e. The Morgan fingerprint density at radius 3 is 2.84 bits per heavy atom. The zero-order chi connectivity index (χ0) is 13.9. The second kappa shape index (κ2) is 5.21. The first-order chi connectivity index (χ1) is 8.99. The van der Waals surface area contributed by atoms with E-state index in [0.717, 1.165) is 11.4 Å². The number of nitrogens with zero attached hydrogens (tertiary/aromatic N) is 4. The lowest BCUT2D eigenvalue weighted by Crippen LogP contribution is -2.35. The third-order valence-corrected chi connectivity index (χ3v) is 2.64. The van der Waals surface area contributed by atoms with Gasteiger partial charge in [0.2, 0.25) is 0 Å². The molecule has 5 heteroatoms. The Morgan fingerprint density at radius 1 is 1.37 bits per heavy atom. The SMILES string of the molecule is CC(C)(C)NCc1cnnn1-c1cccc(C#N)c1. The van der Waals surface area contributed by atoms with Crippen LogP contribution in [0.5, 0.6) is 0 Å². The van der Waals surface area contributed by atoms with E-state index in [1.807, 2.05) is 12.1 Å². The molecule has 0 spiro atoms. The average Bonchev–Trinajstić information content (AvgIpc) is 2.84. The van der Waals surface area contributed by atoms with Crippen molar-refractivity contribution in [3.05, 3.63) is 41.7 Å². The van der Waals surface area contributed by atoms with Crippen LogP contribution in [0.4, 0.5) is 0 Å². The molecule has 0 saturated heterocycles. The zero-order valence-electron chi connectivity index (χ0n) is 11.4. The molecular weight excluding hydrogens is 238 g/mol. The zero-order valence-corrected chi connectivity index (χ0v) is 11.4. The summed E-state index contributed by atoms with van der Waals surface area (Å²) in [5.74, 6) is 0. The maximum atomic E-state index is 8.93. The molecule has 0 saturated carbocycles. The summed E-state index contributed by atoms with van der Waals surface area (Å²) >= 11 is 0. The molecule has 1 aromatic heterocycles. The van der Waals surface area contributed by atoms with Crippen LogP contribution in [-0.2, 0) is 6.54 Å². The summed E-state index contributed by atoms with van der Waals surface area (Å²) in [5, 5.41) is 20.4. The first kappa shape index (κ1) is 13.2. The monoisotopic (exact) mass is 255 g/mol. The highest BCUT2D eigenvalue weighted by Crippen LogP contribution is 2.12. The van der Waals surface area contributed by atoms with E-state index >= 15 is 0 Å². The second-order valence-corrected chi connectivity index (χ2v) is 5.40. The number of nitrogens with one attached hydrogen (secondary N) is 1. The minimum Gasteiger partial charge on any atom is -0.306 e. The first-order valence-electron chi connectivity index (χ1n) is 6.15. The predicted octanol–water partition coefficient (Wildman–Crippen LogP) is 2.03. The third kappa shape index (κ3) is 3.39. The molecule has 2 rings (SSSR count). The van der Waals surface area contributed by atoms with E-state index in [1.165, 1.54) is 0 Å². The molecule has 2 aromatic rings. The summed E-state index contributed by atoms with van der Waals surface area (Å²) in [5.41, 5.74) is 2.46.